The molecule has 0 saturated carbocycles. The lowest BCUT2D eigenvalue weighted by Gasteiger charge is -2.10. The molecule has 0 unspecified atom stereocenters. The van der Waals surface area contributed by atoms with E-state index < -0.39 is 0 Å². The van der Waals surface area contributed by atoms with Crippen LogP contribution in [-0.2, 0) is 4.79 Å². The van der Waals surface area contributed by atoms with Gasteiger partial charge >= 0.3 is 0 Å². The van der Waals surface area contributed by atoms with E-state index in [0.717, 1.165) is 11.3 Å². The first-order valence-electron chi connectivity index (χ1n) is 6.12. The molecule has 0 fully saturated rings. The summed E-state index contributed by atoms with van der Waals surface area (Å²) in [5.74, 6) is 1.10. The molecule has 0 bridgehead atoms. The second kappa shape index (κ2) is 6.41. The fraction of sp³-hybridized carbons (Fsp3) is 0.133. The number of nitrogens with two attached hydrogens (primary N) is 1. The number of carbonyl (C=O) groups is 1. The molecule has 2 aromatic carbocycles. The van der Waals surface area contributed by atoms with Crippen LogP contribution >= 0.6 is 11.6 Å². The molecule has 0 atom stereocenters. The minimum absolute atomic E-state index is 0.0542. The Bertz CT molecular complexity index is 629. The quantitative estimate of drug-likeness (QED) is 0.908. The predicted octanol–water partition coefficient (Wildman–Crippen LogP) is 3.34. The van der Waals surface area contributed by atoms with E-state index >= 15 is 0 Å². The van der Waals surface area contributed by atoms with Crippen LogP contribution in [0.3, 0.4) is 0 Å². The maximum Gasteiger partial charge on any atom is 0.238 e. The van der Waals surface area contributed by atoms with Gasteiger partial charge in [0.25, 0.3) is 0 Å². The van der Waals surface area contributed by atoms with E-state index in [-0.39, 0.29) is 12.5 Å². The Morgan fingerprint density at radius 3 is 2.80 bits per heavy atom. The lowest BCUT2D eigenvalue weighted by Crippen LogP contribution is -2.21. The van der Waals surface area contributed by atoms with Crippen LogP contribution in [0.2, 0.25) is 5.02 Å². The molecule has 0 heterocycles. The number of benzene rings is 2. The number of nitrogens with one attached hydrogen (secondary N) is 1. The number of rotatable bonds is 4. The molecule has 1 amide bonds. The zero-order chi connectivity index (χ0) is 14.5. The smallest absolute Gasteiger partial charge is 0.238 e. The van der Waals surface area contributed by atoms with Crippen molar-refractivity contribution in [2.45, 2.75) is 6.92 Å². The Hall–Kier alpha value is -2.04. The molecular weight excluding hydrogens is 276 g/mol. The summed E-state index contributed by atoms with van der Waals surface area (Å²) < 4.78 is 5.78. The molecule has 0 saturated heterocycles. The average molecular weight is 291 g/mol. The van der Waals surface area contributed by atoms with Crippen molar-refractivity contribution in [3.8, 4) is 11.5 Å². The summed E-state index contributed by atoms with van der Waals surface area (Å²) in [6, 6.07) is 12.5. The predicted molar refractivity (Wildman–Crippen MR) is 80.4 cm³/mol. The van der Waals surface area contributed by atoms with Crippen molar-refractivity contribution in [2.24, 2.45) is 5.73 Å². The van der Waals surface area contributed by atoms with Gasteiger partial charge in [-0.05, 0) is 42.8 Å². The van der Waals surface area contributed by atoms with E-state index in [0.29, 0.717) is 16.5 Å². The molecule has 0 radical (unpaired) electrons. The van der Waals surface area contributed by atoms with Crippen LogP contribution in [0, 0.1) is 6.92 Å². The Labute approximate surface area is 122 Å². The van der Waals surface area contributed by atoms with E-state index in [4.69, 9.17) is 22.1 Å². The third kappa shape index (κ3) is 3.73. The van der Waals surface area contributed by atoms with Crippen LogP contribution in [-0.4, -0.2) is 12.5 Å². The zero-order valence-corrected chi connectivity index (χ0v) is 11.8. The second-order valence-corrected chi connectivity index (χ2v) is 4.73. The molecule has 5 heteroatoms. The Morgan fingerprint density at radius 1 is 1.30 bits per heavy atom. The molecule has 0 spiro atoms. The number of amides is 1. The number of hydrogen-bond acceptors (Lipinski definition) is 3. The van der Waals surface area contributed by atoms with Gasteiger partial charge in [-0.25, -0.2) is 0 Å². The van der Waals surface area contributed by atoms with Crippen molar-refractivity contribution in [1.29, 1.82) is 0 Å². The van der Waals surface area contributed by atoms with Crippen molar-refractivity contribution in [3.63, 3.8) is 0 Å². The minimum Gasteiger partial charge on any atom is -0.457 e. The number of hydrogen-bond donors (Lipinski definition) is 2. The SMILES string of the molecule is Cc1cc(Cl)ccc1Oc1cccc(NC(=O)CN)c1. The summed E-state index contributed by atoms with van der Waals surface area (Å²) in [6.07, 6.45) is 0. The van der Waals surface area contributed by atoms with E-state index in [1.54, 1.807) is 24.3 Å². The maximum atomic E-state index is 11.3. The topological polar surface area (TPSA) is 64.3 Å². The standard InChI is InChI=1S/C15H15ClN2O2/c1-10-7-11(16)5-6-14(10)20-13-4-2-3-12(8-13)18-15(19)9-17/h2-8H,9,17H2,1H3,(H,18,19). The lowest BCUT2D eigenvalue weighted by molar-refractivity contribution is -0.114. The van der Waals surface area contributed by atoms with Gasteiger partial charge in [0.2, 0.25) is 5.91 Å². The molecule has 2 rings (SSSR count). The number of ether oxygens (including phenoxy) is 1. The second-order valence-electron chi connectivity index (χ2n) is 4.29. The molecule has 20 heavy (non-hydrogen) atoms. The summed E-state index contributed by atoms with van der Waals surface area (Å²) in [7, 11) is 0. The number of halogens is 1. The Morgan fingerprint density at radius 2 is 2.10 bits per heavy atom. The van der Waals surface area contributed by atoms with Gasteiger partial charge in [-0.1, -0.05) is 17.7 Å². The number of anilines is 1. The first kappa shape index (κ1) is 14.4. The fourth-order valence-corrected chi connectivity index (χ4v) is 1.93. The molecule has 0 aliphatic rings. The van der Waals surface area contributed by atoms with Gasteiger partial charge < -0.3 is 15.8 Å². The third-order valence-corrected chi connectivity index (χ3v) is 2.90. The summed E-state index contributed by atoms with van der Waals surface area (Å²) in [5.41, 5.74) is 6.84. The first-order chi connectivity index (χ1) is 9.58. The molecule has 4 nitrogen and oxygen atoms in total. The zero-order valence-electron chi connectivity index (χ0n) is 11.0. The highest BCUT2D eigenvalue weighted by Gasteiger charge is 2.04. The largest absolute Gasteiger partial charge is 0.457 e. The molecule has 104 valence electrons. The minimum atomic E-state index is -0.246. The number of aryl methyl sites for hydroxylation is 1. The molecule has 3 N–H and O–H groups in total. The Balaban J connectivity index is 2.17. The van der Waals surface area contributed by atoms with Gasteiger partial charge in [0.1, 0.15) is 11.5 Å². The summed E-state index contributed by atoms with van der Waals surface area (Å²) >= 11 is 5.90. The first-order valence-corrected chi connectivity index (χ1v) is 6.50. The maximum absolute atomic E-state index is 11.3. The number of carbonyl (C=O) groups excluding carboxylic acids is 1. The van der Waals surface area contributed by atoms with Crippen LogP contribution in [0.4, 0.5) is 5.69 Å². The van der Waals surface area contributed by atoms with E-state index in [9.17, 15) is 4.79 Å². The Kier molecular flexibility index (Phi) is 4.61. The molecule has 0 aliphatic heterocycles. The van der Waals surface area contributed by atoms with Gasteiger partial charge in [-0.15, -0.1) is 0 Å². The summed E-state index contributed by atoms with van der Waals surface area (Å²) in [6.45, 7) is 1.86. The average Bonchev–Trinajstić information content (AvgIpc) is 2.42. The molecule has 0 aliphatic carbocycles. The summed E-state index contributed by atoms with van der Waals surface area (Å²) in [5, 5.41) is 3.34. The van der Waals surface area contributed by atoms with Crippen molar-refractivity contribution in [1.82, 2.24) is 0 Å². The van der Waals surface area contributed by atoms with Crippen LogP contribution in [0.1, 0.15) is 5.56 Å². The monoisotopic (exact) mass is 290 g/mol. The highest BCUT2D eigenvalue weighted by Crippen LogP contribution is 2.28. The van der Waals surface area contributed by atoms with Crippen LogP contribution in [0.5, 0.6) is 11.5 Å². The van der Waals surface area contributed by atoms with Crippen molar-refractivity contribution in [2.75, 3.05) is 11.9 Å². The van der Waals surface area contributed by atoms with Crippen LogP contribution < -0.4 is 15.8 Å². The van der Waals surface area contributed by atoms with Gasteiger partial charge in [-0.2, -0.15) is 0 Å². The fourth-order valence-electron chi connectivity index (χ4n) is 1.70. The van der Waals surface area contributed by atoms with Crippen LogP contribution in [0.25, 0.3) is 0 Å². The molecule has 0 aromatic heterocycles. The lowest BCUT2D eigenvalue weighted by atomic mass is 10.2. The third-order valence-electron chi connectivity index (χ3n) is 2.67. The van der Waals surface area contributed by atoms with E-state index in [2.05, 4.69) is 5.32 Å². The van der Waals surface area contributed by atoms with Crippen LogP contribution in [0.15, 0.2) is 42.5 Å². The summed E-state index contributed by atoms with van der Waals surface area (Å²) in [4.78, 5) is 11.3. The van der Waals surface area contributed by atoms with Crippen molar-refractivity contribution in [3.05, 3.63) is 53.1 Å². The van der Waals surface area contributed by atoms with E-state index in [1.807, 2.05) is 25.1 Å². The molecule has 2 aromatic rings. The van der Waals surface area contributed by atoms with Gasteiger partial charge in [0, 0.05) is 16.8 Å². The van der Waals surface area contributed by atoms with Crippen molar-refractivity contribution >= 4 is 23.2 Å². The van der Waals surface area contributed by atoms with Crippen molar-refractivity contribution < 1.29 is 9.53 Å². The molecular formula is C15H15ClN2O2. The van der Waals surface area contributed by atoms with E-state index in [1.165, 1.54) is 0 Å². The van der Waals surface area contributed by atoms with Gasteiger partial charge in [0.05, 0.1) is 6.54 Å². The highest BCUT2D eigenvalue weighted by molar-refractivity contribution is 6.30. The van der Waals surface area contributed by atoms with Gasteiger partial charge in [-0.3, -0.25) is 4.79 Å². The van der Waals surface area contributed by atoms with Gasteiger partial charge in [0.15, 0.2) is 0 Å². The normalized spacial score (nSPS) is 10.2. The highest BCUT2D eigenvalue weighted by atomic mass is 35.5.